The summed E-state index contributed by atoms with van der Waals surface area (Å²) in [6, 6.07) is 9.63. The van der Waals surface area contributed by atoms with E-state index in [-0.39, 0.29) is 46.2 Å². The summed E-state index contributed by atoms with van der Waals surface area (Å²) in [7, 11) is -4.14. The zero-order chi connectivity index (χ0) is 24.7. The van der Waals surface area contributed by atoms with Gasteiger partial charge in [0.25, 0.3) is 10.0 Å². The Morgan fingerprint density at radius 3 is 2.74 bits per heavy atom. The number of benzene rings is 2. The third-order valence-electron chi connectivity index (χ3n) is 7.22. The Morgan fingerprint density at radius 1 is 1.20 bits per heavy atom. The number of hydrogen-bond donors (Lipinski definition) is 3. The summed E-state index contributed by atoms with van der Waals surface area (Å²) in [6.45, 7) is 5.02. The highest BCUT2D eigenvalue weighted by Gasteiger charge is 2.45. The second kappa shape index (κ2) is 9.16. The van der Waals surface area contributed by atoms with Crippen molar-refractivity contribution in [2.24, 2.45) is 11.8 Å². The third-order valence-corrected chi connectivity index (χ3v) is 8.68. The number of nitrogens with one attached hydrogen (secondary N) is 2. The fourth-order valence-electron chi connectivity index (χ4n) is 5.12. The predicted molar refractivity (Wildman–Crippen MR) is 129 cm³/mol. The van der Waals surface area contributed by atoms with Gasteiger partial charge in [-0.05, 0) is 55.1 Å². The molecule has 1 saturated heterocycles. The molecule has 3 aliphatic rings. The largest absolute Gasteiger partial charge is 0.492 e. The minimum Gasteiger partial charge on any atom is -0.492 e. The van der Waals surface area contributed by atoms with Gasteiger partial charge in [-0.2, -0.15) is 0 Å². The molecule has 0 spiro atoms. The van der Waals surface area contributed by atoms with Crippen LogP contribution >= 0.6 is 0 Å². The molecule has 0 radical (unpaired) electrons. The van der Waals surface area contributed by atoms with Crippen LogP contribution in [0.3, 0.4) is 0 Å². The lowest BCUT2D eigenvalue weighted by atomic mass is 10.0. The molecule has 1 saturated carbocycles. The average molecular weight is 500 g/mol. The molecule has 1 amide bonds. The lowest BCUT2D eigenvalue weighted by molar-refractivity contribution is -0.124. The number of likely N-dealkylation sites (tertiary alicyclic amines) is 1. The highest BCUT2D eigenvalue weighted by atomic mass is 32.2. The van der Waals surface area contributed by atoms with Crippen LogP contribution in [0.5, 0.6) is 5.75 Å². The minimum atomic E-state index is -4.14. The van der Waals surface area contributed by atoms with Crippen LogP contribution in [0.2, 0.25) is 0 Å². The second-order valence-electron chi connectivity index (χ2n) is 9.43. The topological polar surface area (TPSA) is 125 Å². The molecule has 0 aromatic heterocycles. The summed E-state index contributed by atoms with van der Waals surface area (Å²) in [5.74, 6) is -0.540. The van der Waals surface area contributed by atoms with Crippen LogP contribution in [-0.2, 0) is 21.4 Å². The van der Waals surface area contributed by atoms with Gasteiger partial charge in [0, 0.05) is 19.0 Å². The fraction of sp³-hybridized carbons (Fsp3) is 0.440. The van der Waals surface area contributed by atoms with Gasteiger partial charge in [0.05, 0.1) is 23.1 Å². The Labute approximate surface area is 204 Å². The third kappa shape index (κ3) is 4.60. The monoisotopic (exact) mass is 499 g/mol. The summed E-state index contributed by atoms with van der Waals surface area (Å²) in [5, 5.41) is 12.7. The standard InChI is InChI=1S/C25H29N3O6S/c1-2-28-10-9-16(13-28)24(29)26-12-15-5-3-4-6-21(15)35(32,33)27-20-8-7-18-19-11-17(19)14-34-23(18)22(20)25(30)31/h3-8,16-17,19,27H,2,9-14H2,1H3,(H,26,29)(H,30,31)/t16-,17+,19+/m1/s1. The number of aromatic carboxylic acids is 1. The van der Waals surface area contributed by atoms with Crippen LogP contribution in [0, 0.1) is 11.8 Å². The molecule has 186 valence electrons. The van der Waals surface area contributed by atoms with Gasteiger partial charge in [-0.3, -0.25) is 9.52 Å². The molecule has 9 nitrogen and oxygen atoms in total. The van der Waals surface area contributed by atoms with Crippen LogP contribution < -0.4 is 14.8 Å². The highest BCUT2D eigenvalue weighted by Crippen LogP contribution is 2.55. The molecule has 2 aromatic carbocycles. The number of rotatable bonds is 8. The Kier molecular flexibility index (Phi) is 6.18. The Bertz CT molecular complexity index is 1280. The van der Waals surface area contributed by atoms with E-state index in [1.54, 1.807) is 24.3 Å². The van der Waals surface area contributed by atoms with Gasteiger partial charge in [-0.1, -0.05) is 31.2 Å². The Hall–Kier alpha value is -3.11. The molecule has 0 bridgehead atoms. The van der Waals surface area contributed by atoms with Crippen molar-refractivity contribution in [3.63, 3.8) is 0 Å². The summed E-state index contributed by atoms with van der Waals surface area (Å²) >= 11 is 0. The van der Waals surface area contributed by atoms with Crippen molar-refractivity contribution < 1.29 is 27.9 Å². The second-order valence-corrected chi connectivity index (χ2v) is 11.1. The lowest BCUT2D eigenvalue weighted by Crippen LogP contribution is -2.33. The van der Waals surface area contributed by atoms with Gasteiger partial charge in [-0.25, -0.2) is 13.2 Å². The van der Waals surface area contributed by atoms with Crippen LogP contribution in [-0.4, -0.2) is 56.5 Å². The molecule has 2 heterocycles. The van der Waals surface area contributed by atoms with Crippen molar-refractivity contribution in [2.45, 2.75) is 37.1 Å². The fourth-order valence-corrected chi connectivity index (χ4v) is 6.43. The van der Waals surface area contributed by atoms with Gasteiger partial charge in [-0.15, -0.1) is 0 Å². The van der Waals surface area contributed by atoms with Gasteiger partial charge in [0.15, 0.2) is 0 Å². The Morgan fingerprint density at radius 2 is 2.00 bits per heavy atom. The molecule has 5 rings (SSSR count). The molecule has 2 fully saturated rings. The van der Waals surface area contributed by atoms with Crippen LogP contribution in [0.4, 0.5) is 5.69 Å². The van der Waals surface area contributed by atoms with Crippen LogP contribution in [0.15, 0.2) is 41.3 Å². The molecular weight excluding hydrogens is 470 g/mol. The van der Waals surface area contributed by atoms with Gasteiger partial charge < -0.3 is 20.1 Å². The average Bonchev–Trinajstić information content (AvgIpc) is 3.48. The van der Waals surface area contributed by atoms with Crippen LogP contribution in [0.1, 0.15) is 47.2 Å². The molecule has 0 unspecified atom stereocenters. The van der Waals surface area contributed by atoms with Crippen molar-refractivity contribution in [3.8, 4) is 5.75 Å². The number of amides is 1. The first-order valence-corrected chi connectivity index (χ1v) is 13.4. The van der Waals surface area contributed by atoms with Crippen molar-refractivity contribution in [2.75, 3.05) is 31.0 Å². The number of hydrogen-bond acceptors (Lipinski definition) is 6. The molecule has 3 atom stereocenters. The first kappa shape index (κ1) is 23.6. The summed E-state index contributed by atoms with van der Waals surface area (Å²) < 4.78 is 34.9. The number of carboxylic acid groups (broad SMARTS) is 1. The minimum absolute atomic E-state index is 0.0147. The van der Waals surface area contributed by atoms with E-state index in [0.29, 0.717) is 24.6 Å². The maximum absolute atomic E-state index is 13.4. The highest BCUT2D eigenvalue weighted by molar-refractivity contribution is 7.92. The van der Waals surface area contributed by atoms with Crippen molar-refractivity contribution in [1.82, 2.24) is 10.2 Å². The number of carbonyl (C=O) groups is 2. The maximum atomic E-state index is 13.4. The molecule has 1 aliphatic carbocycles. The number of sulfonamides is 1. The van der Waals surface area contributed by atoms with Gasteiger partial charge >= 0.3 is 5.97 Å². The first-order valence-electron chi connectivity index (χ1n) is 11.9. The number of anilines is 1. The molecule has 10 heteroatoms. The van der Waals surface area contributed by atoms with Crippen molar-refractivity contribution in [3.05, 3.63) is 53.1 Å². The van der Waals surface area contributed by atoms with E-state index in [0.717, 1.165) is 31.5 Å². The SMILES string of the molecule is CCN1CC[C@@H](C(=O)NCc2ccccc2S(=O)(=O)Nc2ccc3c(c2C(=O)O)OC[C@@H]2C[C@H]32)C1. The van der Waals surface area contributed by atoms with Gasteiger partial charge in [0.2, 0.25) is 5.91 Å². The van der Waals surface area contributed by atoms with E-state index in [9.17, 15) is 23.1 Å². The number of fused-ring (bicyclic) bond motifs is 3. The predicted octanol–water partition coefficient (Wildman–Crippen LogP) is 2.64. The summed E-state index contributed by atoms with van der Waals surface area (Å²) in [5.41, 5.74) is 1.02. The van der Waals surface area contributed by atoms with E-state index >= 15 is 0 Å². The van der Waals surface area contributed by atoms with E-state index in [4.69, 9.17) is 4.74 Å². The lowest BCUT2D eigenvalue weighted by Gasteiger charge is -2.21. The zero-order valence-electron chi connectivity index (χ0n) is 19.5. The van der Waals surface area contributed by atoms with Crippen LogP contribution in [0.25, 0.3) is 0 Å². The molecule has 2 aliphatic heterocycles. The van der Waals surface area contributed by atoms with Crippen molar-refractivity contribution >= 4 is 27.6 Å². The number of carboxylic acids is 1. The first-order chi connectivity index (χ1) is 16.8. The van der Waals surface area contributed by atoms with E-state index in [1.807, 2.05) is 0 Å². The van der Waals surface area contributed by atoms with Crippen molar-refractivity contribution in [1.29, 1.82) is 0 Å². The number of ether oxygens (including phenoxy) is 1. The van der Waals surface area contributed by atoms with E-state index in [1.165, 1.54) is 12.1 Å². The zero-order valence-corrected chi connectivity index (χ0v) is 20.3. The smallest absolute Gasteiger partial charge is 0.341 e. The maximum Gasteiger partial charge on any atom is 0.341 e. The Balaban J connectivity index is 1.37. The number of carbonyl (C=O) groups excluding carboxylic acids is 1. The summed E-state index contributed by atoms with van der Waals surface area (Å²) in [6.07, 6.45) is 1.73. The molecule has 35 heavy (non-hydrogen) atoms. The quantitative estimate of drug-likeness (QED) is 0.510. The van der Waals surface area contributed by atoms with E-state index in [2.05, 4.69) is 21.9 Å². The van der Waals surface area contributed by atoms with Gasteiger partial charge in [0.1, 0.15) is 11.3 Å². The molecule has 2 aromatic rings. The summed E-state index contributed by atoms with van der Waals surface area (Å²) in [4.78, 5) is 26.9. The normalized spacial score (nSPS) is 23.1. The van der Waals surface area contributed by atoms with E-state index < -0.39 is 16.0 Å². The molecule has 3 N–H and O–H groups in total. The molecular formula is C25H29N3O6S. The number of nitrogens with zero attached hydrogens (tertiary/aromatic N) is 1.